The Morgan fingerprint density at radius 1 is 0.619 bits per heavy atom. The van der Waals surface area contributed by atoms with Gasteiger partial charge in [-0.2, -0.15) is 0 Å². The van der Waals surface area contributed by atoms with Gasteiger partial charge in [-0.15, -0.1) is 0 Å². The van der Waals surface area contributed by atoms with Crippen molar-refractivity contribution in [1.29, 1.82) is 0 Å². The molecule has 3 heteroatoms. The number of rotatable bonds is 3. The lowest BCUT2D eigenvalue weighted by Crippen LogP contribution is -1.96. The van der Waals surface area contributed by atoms with Gasteiger partial charge in [-0.25, -0.2) is 9.59 Å². The molecule has 0 saturated heterocycles. The zero-order chi connectivity index (χ0) is 14.9. The Kier molecular flexibility index (Phi) is 5.47. The van der Waals surface area contributed by atoms with Crippen LogP contribution in [0.1, 0.15) is 11.1 Å². The molecule has 106 valence electrons. The molecule has 0 amide bonds. The van der Waals surface area contributed by atoms with Gasteiger partial charge in [0.1, 0.15) is 0 Å². The van der Waals surface area contributed by atoms with Gasteiger partial charge < -0.3 is 4.74 Å². The minimum atomic E-state index is -0.579. The summed E-state index contributed by atoms with van der Waals surface area (Å²) in [6.07, 6.45) is 4.43. The van der Waals surface area contributed by atoms with E-state index < -0.39 is 11.9 Å². The summed E-state index contributed by atoms with van der Waals surface area (Å²) in [6, 6.07) is 21.2. The van der Waals surface area contributed by atoms with Crippen LogP contribution in [0.2, 0.25) is 0 Å². The Morgan fingerprint density at radius 3 is 1.29 bits per heavy atom. The van der Waals surface area contributed by atoms with Crippen molar-refractivity contribution in [2.45, 2.75) is 12.8 Å². The number of hydrogen-bond acceptors (Lipinski definition) is 3. The van der Waals surface area contributed by atoms with E-state index in [1.54, 1.807) is 0 Å². The highest BCUT2D eigenvalue weighted by Gasteiger charge is 2.10. The van der Waals surface area contributed by atoms with E-state index in [1.165, 1.54) is 11.1 Å². The minimum Gasteiger partial charge on any atom is -0.387 e. The van der Waals surface area contributed by atoms with Crippen LogP contribution in [0.4, 0.5) is 0 Å². The van der Waals surface area contributed by atoms with Crippen molar-refractivity contribution < 1.29 is 14.3 Å². The van der Waals surface area contributed by atoms with Gasteiger partial charge in [0.05, 0.1) is 0 Å². The summed E-state index contributed by atoms with van der Waals surface area (Å²) in [4.78, 5) is 19.8. The monoisotopic (exact) mass is 280 g/mol. The number of hydrogen-bond donors (Lipinski definition) is 0. The molecule has 0 N–H and O–H groups in total. The molecule has 0 spiro atoms. The molecule has 2 aromatic carbocycles. The van der Waals surface area contributed by atoms with E-state index in [-0.39, 0.29) is 0 Å². The zero-order valence-corrected chi connectivity index (χ0v) is 11.6. The maximum absolute atomic E-state index is 9.92. The van der Waals surface area contributed by atoms with Crippen molar-refractivity contribution in [1.82, 2.24) is 0 Å². The second-order valence-electron chi connectivity index (χ2n) is 4.54. The number of esters is 2. The molecule has 0 radical (unpaired) electrons. The summed E-state index contributed by atoms with van der Waals surface area (Å²) in [5.74, 6) is -1.16. The van der Waals surface area contributed by atoms with E-state index in [1.807, 2.05) is 0 Å². The Hall–Kier alpha value is -2.68. The predicted octanol–water partition coefficient (Wildman–Crippen LogP) is 3.10. The maximum atomic E-state index is 9.92. The summed E-state index contributed by atoms with van der Waals surface area (Å²) in [6.45, 7) is 0. The van der Waals surface area contributed by atoms with Crippen LogP contribution in [0.15, 0.2) is 72.8 Å². The molecule has 3 nitrogen and oxygen atoms in total. The molecule has 0 atom stereocenters. The fourth-order valence-corrected chi connectivity index (χ4v) is 1.88. The molecule has 0 saturated carbocycles. The predicted molar refractivity (Wildman–Crippen MR) is 80.5 cm³/mol. The zero-order valence-electron chi connectivity index (χ0n) is 11.6. The third-order valence-electron chi connectivity index (χ3n) is 2.94. The van der Waals surface area contributed by atoms with Crippen LogP contribution >= 0.6 is 0 Å². The molecule has 0 bridgehead atoms. The first kappa shape index (κ1) is 14.7. The van der Waals surface area contributed by atoms with Crippen molar-refractivity contribution in [3.63, 3.8) is 0 Å². The van der Waals surface area contributed by atoms with Gasteiger partial charge in [0, 0.05) is 12.2 Å². The molecule has 1 aliphatic heterocycles. The fourth-order valence-electron chi connectivity index (χ4n) is 1.88. The topological polar surface area (TPSA) is 43.4 Å². The normalized spacial score (nSPS) is 12.6. The standard InChI is InChI=1S/C14H14.C4H2O3/c1-3-7-13(8-4-1)11-12-14-9-5-2-6-10-14;5-3-1-2-4(6)7-3/h1-10H,11-12H2;1-2H. The number of ether oxygens (including phenoxy) is 1. The van der Waals surface area contributed by atoms with Crippen molar-refractivity contribution in [2.24, 2.45) is 0 Å². The van der Waals surface area contributed by atoms with Gasteiger partial charge in [0.2, 0.25) is 0 Å². The third-order valence-corrected chi connectivity index (χ3v) is 2.94. The Bertz CT molecular complexity index is 560. The quantitative estimate of drug-likeness (QED) is 0.641. The Balaban J connectivity index is 0.000000194. The van der Waals surface area contributed by atoms with Gasteiger partial charge in [0.25, 0.3) is 0 Å². The lowest BCUT2D eigenvalue weighted by Gasteiger charge is -2.01. The van der Waals surface area contributed by atoms with Crippen LogP contribution in [0.25, 0.3) is 0 Å². The van der Waals surface area contributed by atoms with Crippen LogP contribution in [-0.2, 0) is 27.2 Å². The first-order valence-corrected chi connectivity index (χ1v) is 6.76. The van der Waals surface area contributed by atoms with Crippen LogP contribution < -0.4 is 0 Å². The van der Waals surface area contributed by atoms with Crippen molar-refractivity contribution in [3.8, 4) is 0 Å². The van der Waals surface area contributed by atoms with E-state index in [9.17, 15) is 9.59 Å². The van der Waals surface area contributed by atoms with Gasteiger partial charge in [0.15, 0.2) is 0 Å². The second kappa shape index (κ2) is 7.80. The lowest BCUT2D eigenvalue weighted by molar-refractivity contribution is -0.150. The number of benzene rings is 2. The molecule has 0 aliphatic carbocycles. The fraction of sp³-hybridized carbons (Fsp3) is 0.111. The van der Waals surface area contributed by atoms with E-state index in [0.29, 0.717) is 0 Å². The van der Waals surface area contributed by atoms with Crippen LogP contribution in [0.3, 0.4) is 0 Å². The van der Waals surface area contributed by atoms with Gasteiger partial charge in [-0.05, 0) is 24.0 Å². The Morgan fingerprint density at radius 2 is 1.00 bits per heavy atom. The van der Waals surface area contributed by atoms with E-state index >= 15 is 0 Å². The molecule has 0 fully saturated rings. The van der Waals surface area contributed by atoms with Crippen LogP contribution in [0, 0.1) is 0 Å². The highest BCUT2D eigenvalue weighted by Crippen LogP contribution is 2.06. The van der Waals surface area contributed by atoms with Crippen molar-refractivity contribution in [3.05, 3.63) is 83.9 Å². The van der Waals surface area contributed by atoms with Gasteiger partial charge >= 0.3 is 11.9 Å². The van der Waals surface area contributed by atoms with E-state index in [0.717, 1.165) is 25.0 Å². The van der Waals surface area contributed by atoms with Crippen LogP contribution in [-0.4, -0.2) is 11.9 Å². The lowest BCUT2D eigenvalue weighted by atomic mass is 10.0. The second-order valence-corrected chi connectivity index (χ2v) is 4.54. The largest absolute Gasteiger partial charge is 0.387 e. The number of carbonyl (C=O) groups excluding carboxylic acids is 2. The number of aryl methyl sites for hydroxylation is 2. The average molecular weight is 280 g/mol. The molecule has 3 rings (SSSR count). The summed E-state index contributed by atoms with van der Waals surface area (Å²) in [5.41, 5.74) is 2.83. The molecular formula is C18H16O3. The first-order valence-electron chi connectivity index (χ1n) is 6.76. The summed E-state index contributed by atoms with van der Waals surface area (Å²) in [7, 11) is 0. The number of cyclic esters (lactones) is 2. The summed E-state index contributed by atoms with van der Waals surface area (Å²) in [5, 5.41) is 0. The maximum Gasteiger partial charge on any atom is 0.338 e. The van der Waals surface area contributed by atoms with E-state index in [4.69, 9.17) is 0 Å². The van der Waals surface area contributed by atoms with Gasteiger partial charge in [-0.1, -0.05) is 60.7 Å². The minimum absolute atomic E-state index is 0.579. The smallest absolute Gasteiger partial charge is 0.338 e. The third kappa shape index (κ3) is 5.45. The summed E-state index contributed by atoms with van der Waals surface area (Å²) < 4.78 is 3.97. The highest BCUT2D eigenvalue weighted by molar-refractivity contribution is 6.04. The van der Waals surface area contributed by atoms with Crippen LogP contribution in [0.5, 0.6) is 0 Å². The van der Waals surface area contributed by atoms with Gasteiger partial charge in [-0.3, -0.25) is 0 Å². The molecule has 1 aliphatic rings. The molecule has 0 aromatic heterocycles. The Labute approximate surface area is 123 Å². The molecule has 21 heavy (non-hydrogen) atoms. The molecule has 1 heterocycles. The molecular weight excluding hydrogens is 264 g/mol. The summed E-state index contributed by atoms with van der Waals surface area (Å²) >= 11 is 0. The first-order chi connectivity index (χ1) is 10.2. The van der Waals surface area contributed by atoms with Crippen molar-refractivity contribution in [2.75, 3.05) is 0 Å². The van der Waals surface area contributed by atoms with E-state index in [2.05, 4.69) is 65.4 Å². The molecule has 0 unspecified atom stereocenters. The molecule has 2 aromatic rings. The van der Waals surface area contributed by atoms with Crippen molar-refractivity contribution >= 4 is 11.9 Å². The highest BCUT2D eigenvalue weighted by atomic mass is 16.6. The number of carbonyl (C=O) groups is 2. The SMILES string of the molecule is O=C1C=CC(=O)O1.c1ccc(CCc2ccccc2)cc1. The average Bonchev–Trinajstić information content (AvgIpc) is 2.91.